The first kappa shape index (κ1) is 23.0. The van der Waals surface area contributed by atoms with E-state index in [9.17, 15) is 4.39 Å². The van der Waals surface area contributed by atoms with Gasteiger partial charge < -0.3 is 10.5 Å². The zero-order chi connectivity index (χ0) is 22.9. The Kier molecular flexibility index (Phi) is 6.46. The molecule has 1 heterocycles. The van der Waals surface area contributed by atoms with Crippen LogP contribution in [0, 0.1) is 11.7 Å². The second-order valence-corrected chi connectivity index (χ2v) is 10.3. The molecule has 0 amide bonds. The number of hydrogen-bond acceptors (Lipinski definition) is 3. The Morgan fingerprint density at radius 2 is 1.84 bits per heavy atom. The van der Waals surface area contributed by atoms with Gasteiger partial charge in [-0.1, -0.05) is 56.5 Å². The Bertz CT molecular complexity index is 1110. The van der Waals surface area contributed by atoms with Crippen LogP contribution in [0.5, 0.6) is 5.75 Å². The summed E-state index contributed by atoms with van der Waals surface area (Å²) in [6.07, 6.45) is 6.03. The molecule has 1 aliphatic rings. The van der Waals surface area contributed by atoms with Gasteiger partial charge in [0.05, 0.1) is 12.6 Å². The SMILES string of the molecule is COc1ccc(F)cc1C(C)(C)CC(N)(Cc1cc(Cl)nc2ccccc12)C1CCCC1. The molecule has 4 rings (SSSR count). The molecule has 0 bridgehead atoms. The summed E-state index contributed by atoms with van der Waals surface area (Å²) in [7, 11) is 1.63. The number of halogens is 2. The van der Waals surface area contributed by atoms with Crippen LogP contribution < -0.4 is 10.5 Å². The summed E-state index contributed by atoms with van der Waals surface area (Å²) >= 11 is 6.39. The molecular weight excluding hydrogens is 423 g/mol. The van der Waals surface area contributed by atoms with Gasteiger partial charge in [0.1, 0.15) is 16.7 Å². The molecule has 1 saturated carbocycles. The van der Waals surface area contributed by atoms with Gasteiger partial charge in [-0.2, -0.15) is 0 Å². The van der Waals surface area contributed by atoms with E-state index in [2.05, 4.69) is 24.9 Å². The van der Waals surface area contributed by atoms with Crippen molar-refractivity contribution >= 4 is 22.5 Å². The highest BCUT2D eigenvalue weighted by molar-refractivity contribution is 6.29. The predicted octanol–water partition coefficient (Wildman–Crippen LogP) is 6.83. The minimum Gasteiger partial charge on any atom is -0.496 e. The van der Waals surface area contributed by atoms with Crippen LogP contribution in [0.25, 0.3) is 10.9 Å². The molecule has 3 nitrogen and oxygen atoms in total. The van der Waals surface area contributed by atoms with Crippen LogP contribution in [0.2, 0.25) is 5.15 Å². The number of nitrogens with two attached hydrogens (primary N) is 1. The smallest absolute Gasteiger partial charge is 0.130 e. The summed E-state index contributed by atoms with van der Waals surface area (Å²) in [5.41, 5.74) is 9.34. The average molecular weight is 455 g/mol. The molecule has 1 atom stereocenters. The van der Waals surface area contributed by atoms with Crippen molar-refractivity contribution in [1.82, 2.24) is 4.98 Å². The Balaban J connectivity index is 1.76. The van der Waals surface area contributed by atoms with E-state index in [0.29, 0.717) is 29.7 Å². The number of nitrogens with zero attached hydrogens (tertiary/aromatic N) is 1. The molecule has 1 unspecified atom stereocenters. The van der Waals surface area contributed by atoms with Crippen LogP contribution >= 0.6 is 11.6 Å². The fourth-order valence-electron chi connectivity index (χ4n) is 5.69. The first-order valence-electron chi connectivity index (χ1n) is 11.4. The number of hydrogen-bond donors (Lipinski definition) is 1. The predicted molar refractivity (Wildman–Crippen MR) is 130 cm³/mol. The molecule has 0 saturated heterocycles. The molecule has 1 aromatic heterocycles. The van der Waals surface area contributed by atoms with Gasteiger partial charge in [-0.15, -0.1) is 0 Å². The second kappa shape index (κ2) is 8.99. The Morgan fingerprint density at radius 3 is 2.56 bits per heavy atom. The van der Waals surface area contributed by atoms with Gasteiger partial charge in [-0.3, -0.25) is 0 Å². The fraction of sp³-hybridized carbons (Fsp3) is 0.444. The van der Waals surface area contributed by atoms with Gasteiger partial charge in [0.25, 0.3) is 0 Å². The number of rotatable bonds is 7. The Morgan fingerprint density at radius 1 is 1.12 bits per heavy atom. The maximum absolute atomic E-state index is 14.2. The molecule has 2 N–H and O–H groups in total. The van der Waals surface area contributed by atoms with Gasteiger partial charge in [0, 0.05) is 16.5 Å². The third kappa shape index (κ3) is 4.62. The average Bonchev–Trinajstić information content (AvgIpc) is 3.29. The summed E-state index contributed by atoms with van der Waals surface area (Å²) in [5.74, 6) is 0.832. The fourth-order valence-corrected chi connectivity index (χ4v) is 5.91. The van der Waals surface area contributed by atoms with Crippen LogP contribution in [0.15, 0.2) is 48.5 Å². The molecule has 1 aliphatic carbocycles. The van der Waals surface area contributed by atoms with Crippen molar-refractivity contribution in [2.75, 3.05) is 7.11 Å². The van der Waals surface area contributed by atoms with E-state index in [4.69, 9.17) is 22.1 Å². The Hall–Kier alpha value is -2.17. The van der Waals surface area contributed by atoms with Crippen LogP contribution in [-0.2, 0) is 11.8 Å². The zero-order valence-electron chi connectivity index (χ0n) is 19.1. The number of aromatic nitrogens is 1. The molecule has 0 radical (unpaired) electrons. The molecule has 3 aromatic rings. The van der Waals surface area contributed by atoms with E-state index in [1.807, 2.05) is 24.3 Å². The van der Waals surface area contributed by atoms with Crippen LogP contribution in [0.1, 0.15) is 57.1 Å². The number of para-hydroxylation sites is 1. The monoisotopic (exact) mass is 454 g/mol. The lowest BCUT2D eigenvalue weighted by Gasteiger charge is -2.42. The van der Waals surface area contributed by atoms with Crippen molar-refractivity contribution in [3.63, 3.8) is 0 Å². The largest absolute Gasteiger partial charge is 0.496 e. The number of benzene rings is 2. The van der Waals surface area contributed by atoms with Gasteiger partial charge in [0.15, 0.2) is 0 Å². The number of ether oxygens (including phenoxy) is 1. The van der Waals surface area contributed by atoms with E-state index >= 15 is 0 Å². The molecule has 1 fully saturated rings. The van der Waals surface area contributed by atoms with Crippen molar-refractivity contribution in [3.8, 4) is 5.75 Å². The van der Waals surface area contributed by atoms with Gasteiger partial charge in [0.2, 0.25) is 0 Å². The van der Waals surface area contributed by atoms with Crippen molar-refractivity contribution in [2.45, 2.75) is 63.3 Å². The van der Waals surface area contributed by atoms with Gasteiger partial charge >= 0.3 is 0 Å². The van der Waals surface area contributed by atoms with E-state index in [1.165, 1.54) is 18.9 Å². The summed E-state index contributed by atoms with van der Waals surface area (Å²) in [5, 5.41) is 1.57. The number of methoxy groups -OCH3 is 1. The quantitative estimate of drug-likeness (QED) is 0.398. The highest BCUT2D eigenvalue weighted by Crippen LogP contribution is 2.45. The molecular formula is C27H32ClFN2O. The second-order valence-electron chi connectivity index (χ2n) is 9.92. The first-order valence-corrected chi connectivity index (χ1v) is 11.8. The molecule has 2 aromatic carbocycles. The van der Waals surface area contributed by atoms with E-state index in [-0.39, 0.29) is 11.2 Å². The molecule has 0 spiro atoms. The molecule has 0 aliphatic heterocycles. The van der Waals surface area contributed by atoms with Crippen LogP contribution in [0.4, 0.5) is 4.39 Å². The Labute approximate surface area is 195 Å². The zero-order valence-corrected chi connectivity index (χ0v) is 19.9. The minimum absolute atomic E-state index is 0.260. The first-order chi connectivity index (χ1) is 15.2. The number of pyridine rings is 1. The van der Waals surface area contributed by atoms with Crippen molar-refractivity contribution in [3.05, 3.63) is 70.6 Å². The topological polar surface area (TPSA) is 48.1 Å². The molecule has 170 valence electrons. The lowest BCUT2D eigenvalue weighted by Crippen LogP contribution is -2.52. The normalized spacial score (nSPS) is 16.9. The van der Waals surface area contributed by atoms with Crippen molar-refractivity contribution < 1.29 is 9.13 Å². The third-order valence-corrected chi connectivity index (χ3v) is 7.31. The standard InChI is InChI=1S/C27H32ClFN2O/c1-26(2,22-15-20(29)12-13-24(22)32-3)17-27(30,19-8-4-5-9-19)16-18-14-25(28)31-23-11-7-6-10-21(18)23/h6-7,10-15,19H,4-5,8-9,16-17,30H2,1-3H3. The lowest BCUT2D eigenvalue weighted by atomic mass is 9.66. The maximum atomic E-state index is 14.2. The van der Waals surface area contributed by atoms with E-state index in [0.717, 1.165) is 34.9 Å². The third-order valence-electron chi connectivity index (χ3n) is 7.12. The summed E-state index contributed by atoms with van der Waals surface area (Å²) in [4.78, 5) is 4.48. The van der Waals surface area contributed by atoms with E-state index < -0.39 is 5.54 Å². The van der Waals surface area contributed by atoms with Gasteiger partial charge in [-0.05, 0) is 72.9 Å². The van der Waals surface area contributed by atoms with Gasteiger partial charge in [-0.25, -0.2) is 9.37 Å². The molecule has 5 heteroatoms. The maximum Gasteiger partial charge on any atom is 0.130 e. The van der Waals surface area contributed by atoms with Crippen molar-refractivity contribution in [2.24, 2.45) is 11.7 Å². The highest BCUT2D eigenvalue weighted by atomic mass is 35.5. The van der Waals surface area contributed by atoms with Crippen LogP contribution in [0.3, 0.4) is 0 Å². The molecule has 32 heavy (non-hydrogen) atoms. The minimum atomic E-state index is -0.467. The van der Waals surface area contributed by atoms with E-state index in [1.54, 1.807) is 19.2 Å². The number of fused-ring (bicyclic) bond motifs is 1. The highest BCUT2D eigenvalue weighted by Gasteiger charge is 2.42. The summed E-state index contributed by atoms with van der Waals surface area (Å²) < 4.78 is 19.8. The summed E-state index contributed by atoms with van der Waals surface area (Å²) in [6, 6.07) is 14.8. The van der Waals surface area contributed by atoms with Crippen molar-refractivity contribution in [1.29, 1.82) is 0 Å². The van der Waals surface area contributed by atoms with Crippen LogP contribution in [-0.4, -0.2) is 17.6 Å². The summed E-state index contributed by atoms with van der Waals surface area (Å²) in [6.45, 7) is 4.27. The lowest BCUT2D eigenvalue weighted by molar-refractivity contribution is 0.206.